The van der Waals surface area contributed by atoms with Crippen LogP contribution in [0.25, 0.3) is 0 Å². The SMILES string of the molecule is CC.CCCCN[C@H]1CC2C3C(C)CC4N(C)C(=O)CC[C@]4(C)C3CC[C@]2(C)C1. The van der Waals surface area contributed by atoms with Crippen LogP contribution < -0.4 is 5.32 Å². The number of piperidine rings is 1. The molecule has 1 saturated heterocycles. The van der Waals surface area contributed by atoms with E-state index in [9.17, 15) is 4.79 Å². The Morgan fingerprint density at radius 3 is 2.55 bits per heavy atom. The summed E-state index contributed by atoms with van der Waals surface area (Å²) in [5.74, 6) is 3.69. The number of nitrogens with one attached hydrogen (secondary N) is 1. The van der Waals surface area contributed by atoms with Gasteiger partial charge in [0.2, 0.25) is 5.91 Å². The standard InChI is InChI=1S/C24H42N2O.C2H6/c1-6-7-12-25-17-14-19-22-16(2)13-20-24(4,11-9-21(27)26(20)5)18(22)8-10-23(19,3)15-17;1-2/h16-20,22,25H,6-15H2,1-5H3;1-2H3/t16?,17-,18?,19?,20?,22?,23+,24+;/m0./s1. The smallest absolute Gasteiger partial charge is 0.222 e. The first-order valence-electron chi connectivity index (χ1n) is 12.8. The molecule has 1 amide bonds. The second-order valence-corrected chi connectivity index (χ2v) is 11.2. The van der Waals surface area contributed by atoms with E-state index in [-0.39, 0.29) is 0 Å². The minimum atomic E-state index is 0.342. The molecule has 0 aromatic carbocycles. The van der Waals surface area contributed by atoms with Crippen molar-refractivity contribution in [3.8, 4) is 0 Å². The van der Waals surface area contributed by atoms with Crippen molar-refractivity contribution >= 4 is 5.91 Å². The van der Waals surface area contributed by atoms with Gasteiger partial charge in [0.15, 0.2) is 0 Å². The molecule has 3 saturated carbocycles. The van der Waals surface area contributed by atoms with Gasteiger partial charge in [-0.25, -0.2) is 0 Å². The van der Waals surface area contributed by atoms with Crippen molar-refractivity contribution in [2.24, 2.45) is 34.5 Å². The van der Waals surface area contributed by atoms with Crippen molar-refractivity contribution in [1.82, 2.24) is 10.2 Å². The Labute approximate surface area is 180 Å². The first-order chi connectivity index (χ1) is 13.8. The Hall–Kier alpha value is -0.570. The molecule has 3 nitrogen and oxygen atoms in total. The second-order valence-electron chi connectivity index (χ2n) is 11.2. The molecule has 1 N–H and O–H groups in total. The van der Waals surface area contributed by atoms with E-state index in [1.807, 2.05) is 13.8 Å². The zero-order valence-electron chi connectivity index (χ0n) is 20.4. The maximum absolute atomic E-state index is 12.4. The van der Waals surface area contributed by atoms with Crippen molar-refractivity contribution in [2.45, 2.75) is 111 Å². The molecule has 5 unspecified atom stereocenters. The van der Waals surface area contributed by atoms with Crippen LogP contribution in [0.4, 0.5) is 0 Å². The Balaban J connectivity index is 0.00000117. The number of hydrogen-bond donors (Lipinski definition) is 1. The second kappa shape index (κ2) is 8.89. The molecule has 0 spiro atoms. The van der Waals surface area contributed by atoms with E-state index < -0.39 is 0 Å². The Bertz CT molecular complexity index is 577. The van der Waals surface area contributed by atoms with Gasteiger partial charge in [-0.3, -0.25) is 4.79 Å². The average Bonchev–Trinajstić information content (AvgIpc) is 3.05. The summed E-state index contributed by atoms with van der Waals surface area (Å²) in [5.41, 5.74) is 0.883. The molecular formula is C26H48N2O. The van der Waals surface area contributed by atoms with Crippen LogP contribution in [0.5, 0.6) is 0 Å². The highest BCUT2D eigenvalue weighted by Crippen LogP contribution is 2.65. The monoisotopic (exact) mass is 404 g/mol. The maximum atomic E-state index is 12.4. The Kier molecular flexibility index (Phi) is 7.08. The van der Waals surface area contributed by atoms with Gasteiger partial charge in [0.25, 0.3) is 0 Å². The number of carbonyl (C=O) groups is 1. The quantitative estimate of drug-likeness (QED) is 0.593. The number of amides is 1. The molecule has 0 bridgehead atoms. The van der Waals surface area contributed by atoms with Gasteiger partial charge < -0.3 is 10.2 Å². The van der Waals surface area contributed by atoms with E-state index in [1.165, 1.54) is 51.5 Å². The molecule has 0 radical (unpaired) electrons. The molecule has 8 atom stereocenters. The van der Waals surface area contributed by atoms with Crippen LogP contribution in [0, 0.1) is 34.5 Å². The van der Waals surface area contributed by atoms with Gasteiger partial charge in [-0.05, 0) is 86.0 Å². The van der Waals surface area contributed by atoms with Crippen LogP contribution >= 0.6 is 0 Å². The maximum Gasteiger partial charge on any atom is 0.222 e. The molecule has 4 fully saturated rings. The third-order valence-electron chi connectivity index (χ3n) is 9.66. The average molecular weight is 405 g/mol. The fourth-order valence-electron chi connectivity index (χ4n) is 8.16. The first-order valence-corrected chi connectivity index (χ1v) is 12.8. The van der Waals surface area contributed by atoms with Crippen molar-refractivity contribution < 1.29 is 4.79 Å². The number of carbonyl (C=O) groups excluding carboxylic acids is 1. The zero-order valence-corrected chi connectivity index (χ0v) is 20.4. The van der Waals surface area contributed by atoms with E-state index in [0.717, 1.165) is 42.6 Å². The number of nitrogens with zero attached hydrogens (tertiary/aromatic N) is 1. The van der Waals surface area contributed by atoms with Gasteiger partial charge in [0.05, 0.1) is 0 Å². The summed E-state index contributed by atoms with van der Waals surface area (Å²) in [7, 11) is 2.08. The van der Waals surface area contributed by atoms with Crippen molar-refractivity contribution in [3.63, 3.8) is 0 Å². The Morgan fingerprint density at radius 1 is 1.14 bits per heavy atom. The van der Waals surface area contributed by atoms with Crippen LogP contribution in [0.2, 0.25) is 0 Å². The number of hydrogen-bond acceptors (Lipinski definition) is 2. The number of rotatable bonds is 4. The van der Waals surface area contributed by atoms with E-state index >= 15 is 0 Å². The lowest BCUT2D eigenvalue weighted by molar-refractivity contribution is -0.164. The van der Waals surface area contributed by atoms with Gasteiger partial charge in [-0.15, -0.1) is 0 Å². The van der Waals surface area contributed by atoms with Crippen LogP contribution in [0.1, 0.15) is 99.3 Å². The number of unbranched alkanes of at least 4 members (excludes halogenated alkanes) is 1. The van der Waals surface area contributed by atoms with Crippen LogP contribution in [-0.2, 0) is 4.79 Å². The molecule has 29 heavy (non-hydrogen) atoms. The lowest BCUT2D eigenvalue weighted by Crippen LogP contribution is -2.62. The molecule has 0 aromatic heterocycles. The minimum absolute atomic E-state index is 0.342. The molecule has 0 aromatic rings. The summed E-state index contributed by atoms with van der Waals surface area (Å²) in [4.78, 5) is 14.5. The third-order valence-corrected chi connectivity index (χ3v) is 9.66. The zero-order chi connectivity index (χ0) is 21.4. The molecule has 1 heterocycles. The topological polar surface area (TPSA) is 32.3 Å². The summed E-state index contributed by atoms with van der Waals surface area (Å²) in [6, 6.07) is 1.21. The molecule has 168 valence electrons. The first kappa shape index (κ1) is 23.1. The fourth-order valence-corrected chi connectivity index (χ4v) is 8.16. The molecule has 3 heteroatoms. The van der Waals surface area contributed by atoms with Crippen LogP contribution in [-0.4, -0.2) is 36.5 Å². The predicted molar refractivity (Wildman–Crippen MR) is 123 cm³/mol. The lowest BCUT2D eigenvalue weighted by Gasteiger charge is -2.63. The van der Waals surface area contributed by atoms with Crippen LogP contribution in [0.3, 0.4) is 0 Å². The summed E-state index contributed by atoms with van der Waals surface area (Å²) in [6.45, 7) is 15.1. The van der Waals surface area contributed by atoms with Gasteiger partial charge in [-0.1, -0.05) is 48.0 Å². The molecule has 3 aliphatic carbocycles. The lowest BCUT2D eigenvalue weighted by atomic mass is 9.45. The summed E-state index contributed by atoms with van der Waals surface area (Å²) >= 11 is 0. The Morgan fingerprint density at radius 2 is 1.86 bits per heavy atom. The van der Waals surface area contributed by atoms with Gasteiger partial charge in [0.1, 0.15) is 0 Å². The molecule has 1 aliphatic heterocycles. The summed E-state index contributed by atoms with van der Waals surface area (Å²) in [5, 5.41) is 3.90. The normalized spacial score (nSPS) is 46.3. The molecule has 4 rings (SSSR count). The van der Waals surface area contributed by atoms with E-state index in [2.05, 4.69) is 45.0 Å². The fraction of sp³-hybridized carbons (Fsp3) is 0.962. The van der Waals surface area contributed by atoms with Crippen molar-refractivity contribution in [3.05, 3.63) is 0 Å². The van der Waals surface area contributed by atoms with E-state index in [0.29, 0.717) is 22.8 Å². The van der Waals surface area contributed by atoms with Gasteiger partial charge in [-0.2, -0.15) is 0 Å². The van der Waals surface area contributed by atoms with Crippen molar-refractivity contribution in [1.29, 1.82) is 0 Å². The summed E-state index contributed by atoms with van der Waals surface area (Å²) < 4.78 is 0. The van der Waals surface area contributed by atoms with E-state index in [1.54, 1.807) is 0 Å². The van der Waals surface area contributed by atoms with Gasteiger partial charge in [0, 0.05) is 25.6 Å². The van der Waals surface area contributed by atoms with E-state index in [4.69, 9.17) is 0 Å². The van der Waals surface area contributed by atoms with Crippen molar-refractivity contribution in [2.75, 3.05) is 13.6 Å². The third kappa shape index (κ3) is 3.90. The largest absolute Gasteiger partial charge is 0.342 e. The molecular weight excluding hydrogens is 356 g/mol. The highest BCUT2D eigenvalue weighted by Gasteiger charge is 2.61. The highest BCUT2D eigenvalue weighted by atomic mass is 16.2. The number of fused-ring (bicyclic) bond motifs is 5. The van der Waals surface area contributed by atoms with Gasteiger partial charge >= 0.3 is 0 Å². The predicted octanol–water partition coefficient (Wildman–Crippen LogP) is 5.88. The van der Waals surface area contributed by atoms with Crippen LogP contribution in [0.15, 0.2) is 0 Å². The summed E-state index contributed by atoms with van der Waals surface area (Å²) in [6.07, 6.45) is 11.3. The highest BCUT2D eigenvalue weighted by molar-refractivity contribution is 5.77. The minimum Gasteiger partial charge on any atom is -0.342 e. The number of likely N-dealkylation sites (tertiary alicyclic amines) is 1. The molecule has 4 aliphatic rings.